The average Bonchev–Trinajstić information content (AvgIpc) is 3.46. The van der Waals surface area contributed by atoms with Crippen molar-refractivity contribution in [1.29, 1.82) is 0 Å². The predicted octanol–water partition coefficient (Wildman–Crippen LogP) is 5.88. The molecular weight excluding hydrogens is 568 g/mol. The lowest BCUT2D eigenvalue weighted by Gasteiger charge is -2.38. The molecule has 2 aromatic carbocycles. The number of methoxy groups -OCH3 is 1. The van der Waals surface area contributed by atoms with Gasteiger partial charge in [-0.05, 0) is 105 Å². The summed E-state index contributed by atoms with van der Waals surface area (Å²) in [5.41, 5.74) is 3.41. The molecule has 0 radical (unpaired) electrons. The Morgan fingerprint density at radius 2 is 1.76 bits per heavy atom. The van der Waals surface area contributed by atoms with Gasteiger partial charge >= 0.3 is 0 Å². The maximum Gasteiger partial charge on any atom is 0.232 e. The van der Waals surface area contributed by atoms with Crippen molar-refractivity contribution >= 4 is 23.3 Å². The summed E-state index contributed by atoms with van der Waals surface area (Å²) in [7, 11) is 3.68. The van der Waals surface area contributed by atoms with Crippen LogP contribution in [-0.2, 0) is 16.0 Å². The van der Waals surface area contributed by atoms with Crippen LogP contribution in [0.5, 0.6) is 17.2 Å². The number of amides is 2. The van der Waals surface area contributed by atoms with Crippen molar-refractivity contribution in [2.45, 2.75) is 77.0 Å². The maximum atomic E-state index is 13.8. The van der Waals surface area contributed by atoms with Gasteiger partial charge in [-0.2, -0.15) is 0 Å². The van der Waals surface area contributed by atoms with Crippen LogP contribution in [0.3, 0.4) is 0 Å². The number of aromatic hydroxyl groups is 1. The molecule has 3 heterocycles. The summed E-state index contributed by atoms with van der Waals surface area (Å²) in [5.74, 6) is 3.09. The Hall–Kier alpha value is -4.27. The fourth-order valence-corrected chi connectivity index (χ4v) is 7.26. The van der Waals surface area contributed by atoms with E-state index in [2.05, 4.69) is 16.8 Å². The number of benzene rings is 2. The zero-order valence-electron chi connectivity index (χ0n) is 26.7. The Kier molecular flexibility index (Phi) is 8.88. The predicted molar refractivity (Wildman–Crippen MR) is 174 cm³/mol. The zero-order valence-corrected chi connectivity index (χ0v) is 26.7. The number of hydrogen-bond acceptors (Lipinski definition) is 7. The summed E-state index contributed by atoms with van der Waals surface area (Å²) < 4.78 is 11.7. The zero-order chi connectivity index (χ0) is 31.7. The average molecular weight is 613 g/mol. The van der Waals surface area contributed by atoms with Gasteiger partial charge in [0.15, 0.2) is 11.5 Å². The van der Waals surface area contributed by atoms with E-state index in [0.29, 0.717) is 41.5 Å². The second-order valence-electron chi connectivity index (χ2n) is 12.9. The van der Waals surface area contributed by atoms with Crippen molar-refractivity contribution in [1.82, 2.24) is 9.88 Å². The van der Waals surface area contributed by atoms with Gasteiger partial charge in [-0.25, -0.2) is 4.98 Å². The van der Waals surface area contributed by atoms with Crippen LogP contribution in [0.4, 0.5) is 11.5 Å². The number of rotatable bonds is 9. The summed E-state index contributed by atoms with van der Waals surface area (Å²) in [6, 6.07) is 14.8. The number of carbonyl (C=O) groups is 2. The Morgan fingerprint density at radius 1 is 1.00 bits per heavy atom. The number of aromatic nitrogens is 1. The Balaban J connectivity index is 1.23. The van der Waals surface area contributed by atoms with E-state index in [1.54, 1.807) is 30.3 Å². The highest BCUT2D eigenvalue weighted by Gasteiger charge is 2.37. The number of phenols is 1. The topological polar surface area (TPSA) is 95.4 Å². The minimum Gasteiger partial charge on any atom is -0.508 e. The number of phenolic OH excluding ortho intramolecular Hbond substituents is 1. The summed E-state index contributed by atoms with van der Waals surface area (Å²) in [6.07, 6.45) is 8.02. The molecule has 0 unspecified atom stereocenters. The molecule has 0 bridgehead atoms. The minimum atomic E-state index is -0.440. The molecule has 1 saturated carbocycles. The first kappa shape index (κ1) is 30.7. The number of nitrogens with zero attached hydrogens (tertiary/aromatic N) is 4. The van der Waals surface area contributed by atoms with Gasteiger partial charge in [0.05, 0.1) is 37.6 Å². The first-order valence-electron chi connectivity index (χ1n) is 16.2. The van der Waals surface area contributed by atoms with Crippen molar-refractivity contribution in [2.75, 3.05) is 37.0 Å². The highest BCUT2D eigenvalue weighted by molar-refractivity contribution is 5.98. The normalized spacial score (nSPS) is 21.7. The van der Waals surface area contributed by atoms with Gasteiger partial charge in [0.2, 0.25) is 11.8 Å². The fraction of sp³-hybridized carbons (Fsp3) is 0.472. The number of carbonyl (C=O) groups excluding carboxylic acids is 2. The molecule has 1 saturated heterocycles. The molecule has 1 aliphatic carbocycles. The number of ether oxygens (including phenoxy) is 2. The smallest absolute Gasteiger partial charge is 0.232 e. The van der Waals surface area contributed by atoms with Gasteiger partial charge in [-0.1, -0.05) is 12.1 Å². The van der Waals surface area contributed by atoms with Crippen molar-refractivity contribution < 1.29 is 24.2 Å². The van der Waals surface area contributed by atoms with E-state index in [4.69, 9.17) is 14.5 Å². The van der Waals surface area contributed by atoms with Crippen molar-refractivity contribution in [2.24, 2.45) is 5.92 Å². The molecule has 1 atom stereocenters. The molecule has 238 valence electrons. The Labute approximate surface area is 265 Å². The van der Waals surface area contributed by atoms with Crippen LogP contribution in [0.25, 0.3) is 0 Å². The molecular formula is C36H44N4O5. The van der Waals surface area contributed by atoms with E-state index in [1.165, 1.54) is 0 Å². The third-order valence-corrected chi connectivity index (χ3v) is 9.46. The lowest BCUT2D eigenvalue weighted by molar-refractivity contribution is -0.130. The molecule has 0 spiro atoms. The van der Waals surface area contributed by atoms with E-state index >= 15 is 0 Å². The van der Waals surface area contributed by atoms with Gasteiger partial charge < -0.3 is 24.4 Å². The molecule has 1 N–H and O–H groups in total. The molecule has 3 aromatic rings. The summed E-state index contributed by atoms with van der Waals surface area (Å²) in [5, 5.41) is 10.0. The van der Waals surface area contributed by atoms with Crippen LogP contribution in [-0.4, -0.2) is 66.2 Å². The number of fused-ring (bicyclic) bond motifs is 1. The van der Waals surface area contributed by atoms with Crippen molar-refractivity contribution in [3.63, 3.8) is 0 Å². The summed E-state index contributed by atoms with van der Waals surface area (Å²) in [6.45, 7) is 5.76. The molecule has 45 heavy (non-hydrogen) atoms. The van der Waals surface area contributed by atoms with Gasteiger partial charge in [0.25, 0.3) is 0 Å². The third kappa shape index (κ3) is 6.44. The SMILES string of the molecule is COc1cc2c(cc1OC(C)C)[C@@H](c1ccc(O)cc1)N(c1ccc(N(C)CC3CCC(N4CCCC4=O)CC3)nc1)C(=O)C2. The lowest BCUT2D eigenvalue weighted by atomic mass is 9.85. The van der Waals surface area contributed by atoms with E-state index in [0.717, 1.165) is 67.7 Å². The van der Waals surface area contributed by atoms with Crippen LogP contribution in [0.2, 0.25) is 0 Å². The molecule has 9 heteroatoms. The monoisotopic (exact) mass is 612 g/mol. The first-order chi connectivity index (χ1) is 21.7. The molecule has 3 aliphatic rings. The quantitative estimate of drug-likeness (QED) is 0.323. The second-order valence-corrected chi connectivity index (χ2v) is 12.9. The van der Waals surface area contributed by atoms with Crippen LogP contribution in [0, 0.1) is 5.92 Å². The Bertz CT molecular complexity index is 1520. The maximum absolute atomic E-state index is 13.8. The standard InChI is InChI=1S/C36H44N4O5/c1-23(2)45-32-20-30-26(18-31(32)44-4)19-35(43)40(36(30)25-9-14-29(41)15-10-25)28-13-16-33(37-21-28)38(3)22-24-7-11-27(12-8-24)39-17-5-6-34(39)42/h9-10,13-16,18,20-21,23-24,27,36,41H,5-8,11-12,17,19,22H2,1-4H3/t24?,27?,36-/m1/s1. The van der Waals surface area contributed by atoms with E-state index < -0.39 is 6.04 Å². The first-order valence-corrected chi connectivity index (χ1v) is 16.2. The number of likely N-dealkylation sites (tertiary alicyclic amines) is 1. The second kappa shape index (κ2) is 13.0. The van der Waals surface area contributed by atoms with E-state index in [-0.39, 0.29) is 24.2 Å². The largest absolute Gasteiger partial charge is 0.508 e. The Morgan fingerprint density at radius 3 is 2.38 bits per heavy atom. The highest BCUT2D eigenvalue weighted by Crippen LogP contribution is 2.44. The molecule has 2 amide bonds. The van der Waals surface area contributed by atoms with Gasteiger partial charge in [-0.15, -0.1) is 0 Å². The number of anilines is 2. The molecule has 2 aliphatic heterocycles. The minimum absolute atomic E-state index is 0.0451. The van der Waals surface area contributed by atoms with Crippen molar-refractivity contribution in [3.05, 3.63) is 71.4 Å². The number of pyridine rings is 1. The van der Waals surface area contributed by atoms with Gasteiger partial charge in [0, 0.05) is 32.6 Å². The highest BCUT2D eigenvalue weighted by atomic mass is 16.5. The lowest BCUT2D eigenvalue weighted by Crippen LogP contribution is -2.41. The van der Waals surface area contributed by atoms with E-state index in [1.807, 2.05) is 50.2 Å². The van der Waals surface area contributed by atoms with Crippen LogP contribution >= 0.6 is 0 Å². The van der Waals surface area contributed by atoms with Gasteiger partial charge in [-0.3, -0.25) is 14.5 Å². The van der Waals surface area contributed by atoms with Crippen LogP contribution < -0.4 is 19.3 Å². The van der Waals surface area contributed by atoms with Crippen molar-refractivity contribution in [3.8, 4) is 17.2 Å². The fourth-order valence-electron chi connectivity index (χ4n) is 7.26. The molecule has 1 aromatic heterocycles. The molecule has 2 fully saturated rings. The molecule has 9 nitrogen and oxygen atoms in total. The van der Waals surface area contributed by atoms with Crippen LogP contribution in [0.15, 0.2) is 54.7 Å². The summed E-state index contributed by atoms with van der Waals surface area (Å²) in [4.78, 5) is 37.0. The van der Waals surface area contributed by atoms with Gasteiger partial charge in [0.1, 0.15) is 11.6 Å². The van der Waals surface area contributed by atoms with E-state index in [9.17, 15) is 14.7 Å². The number of hydrogen-bond donors (Lipinski definition) is 1. The molecule has 6 rings (SSSR count). The third-order valence-electron chi connectivity index (χ3n) is 9.46. The van der Waals surface area contributed by atoms with Crippen LogP contribution in [0.1, 0.15) is 75.1 Å². The summed E-state index contributed by atoms with van der Waals surface area (Å²) >= 11 is 0.